The summed E-state index contributed by atoms with van der Waals surface area (Å²) in [6.07, 6.45) is 1.66. The molecule has 114 valence electrons. The van der Waals surface area contributed by atoms with Crippen LogP contribution in [0.5, 0.6) is 0 Å². The van der Waals surface area contributed by atoms with Crippen LogP contribution in [-0.4, -0.2) is 39.0 Å². The summed E-state index contributed by atoms with van der Waals surface area (Å²) in [5.41, 5.74) is 1.04. The van der Waals surface area contributed by atoms with E-state index in [-0.39, 0.29) is 5.97 Å². The predicted octanol–water partition coefficient (Wildman–Crippen LogP) is 2.50. The normalized spacial score (nSPS) is 10.9. The van der Waals surface area contributed by atoms with Crippen molar-refractivity contribution in [3.8, 4) is 0 Å². The second-order valence-electron chi connectivity index (χ2n) is 3.93. The molecule has 0 bridgehead atoms. The maximum atomic E-state index is 11.8. The van der Waals surface area contributed by atoms with Crippen LogP contribution in [0.4, 0.5) is 0 Å². The van der Waals surface area contributed by atoms with Gasteiger partial charge < -0.3 is 14.2 Å². The number of hydrogen-bond acceptors (Lipinski definition) is 6. The van der Waals surface area contributed by atoms with Crippen LogP contribution in [0.25, 0.3) is 5.57 Å². The molecule has 0 aliphatic carbocycles. The van der Waals surface area contributed by atoms with Crippen molar-refractivity contribution in [1.82, 2.24) is 0 Å². The molecule has 0 aliphatic heterocycles. The summed E-state index contributed by atoms with van der Waals surface area (Å²) in [6.45, 7) is 0. The van der Waals surface area contributed by atoms with Crippen LogP contribution in [0.3, 0.4) is 0 Å². The number of rotatable bonds is 7. The molecule has 0 fully saturated rings. The van der Waals surface area contributed by atoms with Crippen LogP contribution >= 0.6 is 11.8 Å². The van der Waals surface area contributed by atoms with Crippen LogP contribution < -0.4 is 0 Å². The van der Waals surface area contributed by atoms with E-state index in [0.29, 0.717) is 23.3 Å². The number of methoxy groups -OCH3 is 3. The Hall–Kier alpha value is -1.95. The summed E-state index contributed by atoms with van der Waals surface area (Å²) in [7, 11) is 4.15. The minimum atomic E-state index is -0.474. The highest BCUT2D eigenvalue weighted by atomic mass is 32.2. The first kappa shape index (κ1) is 17.1. The lowest BCUT2D eigenvalue weighted by molar-refractivity contribution is -0.140. The molecule has 0 radical (unpaired) electrons. The lowest BCUT2D eigenvalue weighted by atomic mass is 10.1. The number of hydrogen-bond donors (Lipinski definition) is 0. The van der Waals surface area contributed by atoms with Crippen LogP contribution in [0.2, 0.25) is 0 Å². The van der Waals surface area contributed by atoms with E-state index in [1.807, 2.05) is 24.3 Å². The quantitative estimate of drug-likeness (QED) is 0.334. The highest BCUT2D eigenvalue weighted by Crippen LogP contribution is 2.29. The molecule has 0 aliphatic rings. The number of carbonyl (C=O) groups is 2. The Balaban J connectivity index is 2.94. The largest absolute Gasteiger partial charge is 0.503 e. The van der Waals surface area contributed by atoms with E-state index >= 15 is 0 Å². The molecule has 1 rings (SSSR count). The molecule has 6 heteroatoms. The van der Waals surface area contributed by atoms with Gasteiger partial charge in [0, 0.05) is 16.2 Å². The average molecular weight is 310 g/mol. The number of carbonyl (C=O) groups excluding carboxylic acids is 2. The van der Waals surface area contributed by atoms with Crippen molar-refractivity contribution < 1.29 is 23.8 Å². The Bertz CT molecular complexity index is 525. The molecule has 0 unspecified atom stereocenters. The number of ether oxygens (including phenoxy) is 3. The molecule has 0 saturated heterocycles. The highest BCUT2D eigenvalue weighted by Gasteiger charge is 2.17. The smallest absolute Gasteiger partial charge is 0.341 e. The molecule has 1 aromatic rings. The fourth-order valence-electron chi connectivity index (χ4n) is 1.61. The molecule has 1 aromatic carbocycles. The van der Waals surface area contributed by atoms with Crippen molar-refractivity contribution in [3.63, 3.8) is 0 Å². The minimum absolute atomic E-state index is 0.263. The maximum Gasteiger partial charge on any atom is 0.341 e. The molecule has 0 spiro atoms. The maximum absolute atomic E-state index is 11.8. The zero-order valence-corrected chi connectivity index (χ0v) is 13.1. The third-order valence-electron chi connectivity index (χ3n) is 2.61. The third kappa shape index (κ3) is 5.15. The molecule has 0 aromatic heterocycles. The lowest BCUT2D eigenvalue weighted by Gasteiger charge is -2.11. The highest BCUT2D eigenvalue weighted by molar-refractivity contribution is 7.99. The van der Waals surface area contributed by atoms with Crippen LogP contribution in [0.1, 0.15) is 12.0 Å². The van der Waals surface area contributed by atoms with Crippen molar-refractivity contribution >= 4 is 29.3 Å². The summed E-state index contributed by atoms with van der Waals surface area (Å²) in [6, 6.07) is 7.38. The zero-order valence-electron chi connectivity index (χ0n) is 12.3. The van der Waals surface area contributed by atoms with Crippen molar-refractivity contribution in [1.29, 1.82) is 0 Å². The first-order chi connectivity index (χ1) is 10.1. The van der Waals surface area contributed by atoms with Gasteiger partial charge in [0.1, 0.15) is 5.57 Å². The van der Waals surface area contributed by atoms with Crippen LogP contribution in [0, 0.1) is 0 Å². The second kappa shape index (κ2) is 9.07. The minimum Gasteiger partial charge on any atom is -0.503 e. The van der Waals surface area contributed by atoms with Gasteiger partial charge in [0.05, 0.1) is 34.0 Å². The second-order valence-corrected chi connectivity index (χ2v) is 5.07. The lowest BCUT2D eigenvalue weighted by Crippen LogP contribution is -2.06. The van der Waals surface area contributed by atoms with E-state index in [1.54, 1.807) is 0 Å². The molecule has 0 N–H and O–H groups in total. The Morgan fingerprint density at radius 2 is 1.86 bits per heavy atom. The molecule has 0 amide bonds. The Morgan fingerprint density at radius 3 is 2.48 bits per heavy atom. The predicted molar refractivity (Wildman–Crippen MR) is 80.8 cm³/mol. The van der Waals surface area contributed by atoms with Gasteiger partial charge in [-0.05, 0) is 6.07 Å². The zero-order chi connectivity index (χ0) is 15.7. The SMILES string of the molecule is CO/C=C(/C(=O)OC)c1ccccc1SCCC(=O)OC. The van der Waals surface area contributed by atoms with Crippen LogP contribution in [0.15, 0.2) is 35.4 Å². The van der Waals surface area contributed by atoms with Gasteiger partial charge in [0.2, 0.25) is 0 Å². The van der Waals surface area contributed by atoms with E-state index in [0.717, 1.165) is 4.90 Å². The van der Waals surface area contributed by atoms with E-state index in [4.69, 9.17) is 9.47 Å². The summed E-state index contributed by atoms with van der Waals surface area (Å²) in [5.74, 6) is -0.177. The van der Waals surface area contributed by atoms with Gasteiger partial charge in [0.25, 0.3) is 0 Å². The fraction of sp³-hybridized carbons (Fsp3) is 0.333. The Morgan fingerprint density at radius 1 is 1.14 bits per heavy atom. The summed E-state index contributed by atoms with van der Waals surface area (Å²) in [5, 5.41) is 0. The van der Waals surface area contributed by atoms with Crippen molar-refractivity contribution in [2.75, 3.05) is 27.1 Å². The van der Waals surface area contributed by atoms with Crippen LogP contribution in [-0.2, 0) is 23.8 Å². The Labute approximate surface area is 128 Å². The molecule has 0 heterocycles. The van der Waals surface area contributed by atoms with Crippen molar-refractivity contribution in [2.24, 2.45) is 0 Å². The fourth-order valence-corrected chi connectivity index (χ4v) is 2.61. The van der Waals surface area contributed by atoms with Gasteiger partial charge in [-0.25, -0.2) is 4.79 Å². The van der Waals surface area contributed by atoms with Gasteiger partial charge in [-0.15, -0.1) is 11.8 Å². The van der Waals surface area contributed by atoms with Gasteiger partial charge in [0.15, 0.2) is 0 Å². The molecule has 21 heavy (non-hydrogen) atoms. The van der Waals surface area contributed by atoms with Crippen molar-refractivity contribution in [3.05, 3.63) is 36.1 Å². The monoisotopic (exact) mass is 310 g/mol. The first-order valence-electron chi connectivity index (χ1n) is 6.24. The van der Waals surface area contributed by atoms with Crippen molar-refractivity contribution in [2.45, 2.75) is 11.3 Å². The van der Waals surface area contributed by atoms with Gasteiger partial charge >= 0.3 is 11.9 Å². The van der Waals surface area contributed by atoms with Gasteiger partial charge in [-0.2, -0.15) is 0 Å². The van der Waals surface area contributed by atoms with Gasteiger partial charge in [-0.3, -0.25) is 4.79 Å². The molecular formula is C15H18O5S. The molecule has 0 saturated carbocycles. The van der Waals surface area contributed by atoms with E-state index in [2.05, 4.69) is 4.74 Å². The van der Waals surface area contributed by atoms with E-state index < -0.39 is 5.97 Å². The number of thioether (sulfide) groups is 1. The first-order valence-corrected chi connectivity index (χ1v) is 7.22. The van der Waals surface area contributed by atoms with E-state index in [9.17, 15) is 9.59 Å². The topological polar surface area (TPSA) is 61.8 Å². The summed E-state index contributed by atoms with van der Waals surface area (Å²) < 4.78 is 14.3. The van der Waals surface area contributed by atoms with E-state index in [1.165, 1.54) is 39.4 Å². The number of benzene rings is 1. The standard InChI is InChI=1S/C15H18O5S/c1-18-10-12(15(17)20-3)11-6-4-5-7-13(11)21-9-8-14(16)19-2/h4-7,10H,8-9H2,1-3H3/b12-10+. The third-order valence-corrected chi connectivity index (χ3v) is 3.68. The Kier molecular flexibility index (Phi) is 7.39. The summed E-state index contributed by atoms with van der Waals surface area (Å²) >= 11 is 1.47. The molecule has 0 atom stereocenters. The number of esters is 2. The molecular weight excluding hydrogens is 292 g/mol. The average Bonchev–Trinajstić information content (AvgIpc) is 2.52. The molecule has 5 nitrogen and oxygen atoms in total. The van der Waals surface area contributed by atoms with Gasteiger partial charge in [-0.1, -0.05) is 18.2 Å². The summed E-state index contributed by atoms with van der Waals surface area (Å²) in [4.78, 5) is 23.8.